The van der Waals surface area contributed by atoms with Crippen LogP contribution in [-0.2, 0) is 4.79 Å². The summed E-state index contributed by atoms with van der Waals surface area (Å²) in [5, 5.41) is 6.03. The van der Waals surface area contributed by atoms with Crippen molar-refractivity contribution in [2.24, 2.45) is 11.8 Å². The van der Waals surface area contributed by atoms with Gasteiger partial charge in [-0.1, -0.05) is 48.0 Å². The molecule has 3 unspecified atom stereocenters. The molecule has 0 spiro atoms. The number of carbonyl (C=O) groups is 3. The Labute approximate surface area is 238 Å². The molecular formula is C31H32ClFN4O3. The van der Waals surface area contributed by atoms with Crippen LogP contribution in [0.25, 0.3) is 0 Å². The minimum absolute atomic E-state index is 0.0489. The number of nitrogens with zero attached hydrogens (tertiary/aromatic N) is 2. The van der Waals surface area contributed by atoms with Crippen LogP contribution < -0.4 is 10.6 Å². The number of hydrogen-bond donors (Lipinski definition) is 2. The quantitative estimate of drug-likeness (QED) is 0.405. The highest BCUT2D eigenvalue weighted by Gasteiger charge is 2.42. The lowest BCUT2D eigenvalue weighted by molar-refractivity contribution is -0.114. The van der Waals surface area contributed by atoms with E-state index in [1.165, 1.54) is 19.1 Å². The topological polar surface area (TPSA) is 81.8 Å². The fourth-order valence-corrected chi connectivity index (χ4v) is 6.01. The first-order valence-electron chi connectivity index (χ1n) is 13.5. The van der Waals surface area contributed by atoms with E-state index in [4.69, 9.17) is 11.6 Å². The second-order valence-electron chi connectivity index (χ2n) is 10.6. The van der Waals surface area contributed by atoms with Crippen LogP contribution in [0.15, 0.2) is 72.8 Å². The Morgan fingerprint density at radius 3 is 2.23 bits per heavy atom. The highest BCUT2D eigenvalue weighted by Crippen LogP contribution is 2.34. The Kier molecular flexibility index (Phi) is 8.47. The number of carbonyl (C=O) groups excluding carboxylic acids is 3. The Balaban J connectivity index is 1.18. The third-order valence-corrected chi connectivity index (χ3v) is 8.05. The second kappa shape index (κ2) is 12.2. The largest absolute Gasteiger partial charge is 0.345 e. The van der Waals surface area contributed by atoms with Gasteiger partial charge in [-0.15, -0.1) is 0 Å². The molecule has 3 atom stereocenters. The van der Waals surface area contributed by atoms with Crippen molar-refractivity contribution in [2.75, 3.05) is 38.0 Å². The summed E-state index contributed by atoms with van der Waals surface area (Å²) in [6.07, 6.45) is 0.729. The first kappa shape index (κ1) is 27.8. The van der Waals surface area contributed by atoms with Gasteiger partial charge < -0.3 is 20.4 Å². The predicted octanol–water partition coefficient (Wildman–Crippen LogP) is 5.00. The maximum atomic E-state index is 14.3. The fourth-order valence-electron chi connectivity index (χ4n) is 5.77. The Morgan fingerprint density at radius 2 is 1.60 bits per heavy atom. The van der Waals surface area contributed by atoms with Gasteiger partial charge in [-0.2, -0.15) is 0 Å². The van der Waals surface area contributed by atoms with Gasteiger partial charge in [-0.05, 0) is 60.2 Å². The summed E-state index contributed by atoms with van der Waals surface area (Å²) in [5.41, 5.74) is 2.14. The van der Waals surface area contributed by atoms with E-state index in [-0.39, 0.29) is 34.3 Å². The summed E-state index contributed by atoms with van der Waals surface area (Å²) in [6.45, 7) is 5.09. The Bertz CT molecular complexity index is 1350. The summed E-state index contributed by atoms with van der Waals surface area (Å²) in [5.74, 6) is -0.638. The zero-order chi connectivity index (χ0) is 28.2. The van der Waals surface area contributed by atoms with Crippen LogP contribution in [0.4, 0.5) is 10.1 Å². The molecule has 3 aromatic rings. The number of benzene rings is 3. The molecule has 9 heteroatoms. The van der Waals surface area contributed by atoms with Crippen molar-refractivity contribution in [1.29, 1.82) is 0 Å². The molecule has 2 fully saturated rings. The molecule has 2 heterocycles. The molecule has 2 N–H and O–H groups in total. The van der Waals surface area contributed by atoms with Crippen molar-refractivity contribution < 1.29 is 18.8 Å². The Morgan fingerprint density at radius 1 is 0.925 bits per heavy atom. The maximum absolute atomic E-state index is 14.3. The van der Waals surface area contributed by atoms with Gasteiger partial charge in [0.05, 0.1) is 16.6 Å². The van der Waals surface area contributed by atoms with E-state index >= 15 is 0 Å². The molecule has 5 rings (SSSR count). The van der Waals surface area contributed by atoms with E-state index in [0.717, 1.165) is 31.6 Å². The number of hydrogen-bond acceptors (Lipinski definition) is 4. The van der Waals surface area contributed by atoms with Crippen LogP contribution in [0, 0.1) is 17.7 Å². The van der Waals surface area contributed by atoms with Crippen LogP contribution in [0.2, 0.25) is 5.02 Å². The predicted molar refractivity (Wildman–Crippen MR) is 153 cm³/mol. The molecule has 0 aromatic heterocycles. The molecule has 0 radical (unpaired) electrons. The standard InChI is InChI=1S/C31H32ClFN4O3/c1-20(38)34-25-12-10-22(11-13-25)30(39)35-28(21-6-3-2-4-7-21)14-15-36-16-23-18-37(19-24(23)17-36)31(40)29-26(32)8-5-9-27(29)33/h2-13,23-24,28H,14-19H2,1H3,(H,34,38)(H,35,39). The normalized spacial score (nSPS) is 19.2. The monoisotopic (exact) mass is 562 g/mol. The van der Waals surface area contributed by atoms with Gasteiger partial charge in [0.25, 0.3) is 11.8 Å². The average molecular weight is 563 g/mol. The molecule has 40 heavy (non-hydrogen) atoms. The molecule has 0 saturated carbocycles. The van der Waals surface area contributed by atoms with Gasteiger partial charge >= 0.3 is 0 Å². The first-order chi connectivity index (χ1) is 19.3. The number of fused-ring (bicyclic) bond motifs is 1. The smallest absolute Gasteiger partial charge is 0.258 e. The molecule has 7 nitrogen and oxygen atoms in total. The minimum Gasteiger partial charge on any atom is -0.345 e. The van der Waals surface area contributed by atoms with Crippen molar-refractivity contribution in [1.82, 2.24) is 15.1 Å². The summed E-state index contributed by atoms with van der Waals surface area (Å²) < 4.78 is 14.3. The van der Waals surface area contributed by atoms with Crippen molar-refractivity contribution >= 4 is 35.0 Å². The van der Waals surface area contributed by atoms with E-state index in [1.807, 2.05) is 30.3 Å². The first-order valence-corrected chi connectivity index (χ1v) is 13.9. The number of rotatable bonds is 8. The number of nitrogens with one attached hydrogen (secondary N) is 2. The van der Waals surface area contributed by atoms with Gasteiger partial charge in [-0.25, -0.2) is 4.39 Å². The van der Waals surface area contributed by atoms with Gasteiger partial charge in [0.15, 0.2) is 0 Å². The van der Waals surface area contributed by atoms with E-state index in [0.29, 0.717) is 36.2 Å². The number of anilines is 1. The van der Waals surface area contributed by atoms with E-state index in [1.54, 1.807) is 35.2 Å². The lowest BCUT2D eigenvalue weighted by Crippen LogP contribution is -2.35. The molecule has 2 aliphatic rings. The summed E-state index contributed by atoms with van der Waals surface area (Å²) in [7, 11) is 0. The molecule has 3 amide bonds. The van der Waals surface area contributed by atoms with Crippen LogP contribution in [-0.4, -0.2) is 60.2 Å². The number of amides is 3. The third kappa shape index (κ3) is 6.35. The molecule has 208 valence electrons. The SMILES string of the molecule is CC(=O)Nc1ccc(C(=O)NC(CCN2CC3CN(C(=O)c4c(F)cccc4Cl)CC3C2)c2ccccc2)cc1. The second-order valence-corrected chi connectivity index (χ2v) is 11.0. The lowest BCUT2D eigenvalue weighted by atomic mass is 10.0. The fraction of sp³-hybridized carbons (Fsp3) is 0.323. The van der Waals surface area contributed by atoms with Crippen LogP contribution >= 0.6 is 11.6 Å². The van der Waals surface area contributed by atoms with Crippen molar-refractivity contribution in [2.45, 2.75) is 19.4 Å². The molecule has 2 aliphatic heterocycles. The maximum Gasteiger partial charge on any atom is 0.258 e. The molecule has 2 saturated heterocycles. The van der Waals surface area contributed by atoms with Crippen molar-refractivity contribution in [3.8, 4) is 0 Å². The van der Waals surface area contributed by atoms with Crippen LogP contribution in [0.3, 0.4) is 0 Å². The highest BCUT2D eigenvalue weighted by molar-refractivity contribution is 6.33. The summed E-state index contributed by atoms with van der Waals surface area (Å²) in [4.78, 5) is 41.5. The van der Waals surface area contributed by atoms with Gasteiger partial charge in [0, 0.05) is 50.9 Å². The molecule has 3 aromatic carbocycles. The Hall–Kier alpha value is -3.75. The zero-order valence-electron chi connectivity index (χ0n) is 22.3. The number of likely N-dealkylation sites (tertiary alicyclic amines) is 2. The van der Waals surface area contributed by atoms with Crippen molar-refractivity contribution in [3.63, 3.8) is 0 Å². The molecule has 0 bridgehead atoms. The third-order valence-electron chi connectivity index (χ3n) is 7.73. The lowest BCUT2D eigenvalue weighted by Gasteiger charge is -2.25. The van der Waals surface area contributed by atoms with Gasteiger partial charge in [-0.3, -0.25) is 14.4 Å². The summed E-state index contributed by atoms with van der Waals surface area (Å²) in [6, 6.07) is 20.9. The summed E-state index contributed by atoms with van der Waals surface area (Å²) >= 11 is 6.13. The van der Waals surface area contributed by atoms with Crippen LogP contribution in [0.5, 0.6) is 0 Å². The molecular weight excluding hydrogens is 531 g/mol. The van der Waals surface area contributed by atoms with Gasteiger partial charge in [0.1, 0.15) is 5.82 Å². The van der Waals surface area contributed by atoms with Gasteiger partial charge in [0.2, 0.25) is 5.91 Å². The van der Waals surface area contributed by atoms with E-state index < -0.39 is 5.82 Å². The molecule has 0 aliphatic carbocycles. The number of halogens is 2. The minimum atomic E-state index is -0.589. The highest BCUT2D eigenvalue weighted by atomic mass is 35.5. The average Bonchev–Trinajstić information content (AvgIpc) is 3.50. The van der Waals surface area contributed by atoms with Crippen molar-refractivity contribution in [3.05, 3.63) is 100 Å². The van der Waals surface area contributed by atoms with E-state index in [2.05, 4.69) is 15.5 Å². The zero-order valence-corrected chi connectivity index (χ0v) is 23.0. The van der Waals surface area contributed by atoms with E-state index in [9.17, 15) is 18.8 Å². The van der Waals surface area contributed by atoms with Crippen LogP contribution in [0.1, 0.15) is 45.7 Å².